The number of nitrogen functional groups attached to an aromatic ring is 1. The van der Waals surface area contributed by atoms with Gasteiger partial charge >= 0.3 is 0 Å². The third-order valence-electron chi connectivity index (χ3n) is 2.34. The molecule has 18 heavy (non-hydrogen) atoms. The van der Waals surface area contributed by atoms with Gasteiger partial charge in [0.15, 0.2) is 5.75 Å². The number of carbonyl (C=O) groups is 1. The number of rotatable bonds is 5. The molecule has 0 spiro atoms. The Hall–Kier alpha value is -2.22. The van der Waals surface area contributed by atoms with Gasteiger partial charge < -0.3 is 21.5 Å². The fourth-order valence-corrected chi connectivity index (χ4v) is 2.43. The number of ether oxygens (including phenoxy) is 1. The first kappa shape index (κ1) is 12.2. The van der Waals surface area contributed by atoms with Gasteiger partial charge in [0, 0.05) is 18.3 Å². The van der Waals surface area contributed by atoms with Crippen LogP contribution in [0.3, 0.4) is 0 Å². The van der Waals surface area contributed by atoms with Crippen molar-refractivity contribution in [1.82, 2.24) is 10.2 Å². The summed E-state index contributed by atoms with van der Waals surface area (Å²) >= 11 is 1.17. The fraction of sp³-hybridized carbons (Fsp3) is 0.200. The second-order valence-corrected chi connectivity index (χ2v) is 4.55. The second kappa shape index (κ2) is 4.96. The number of primary amides is 1. The van der Waals surface area contributed by atoms with E-state index in [0.29, 0.717) is 22.2 Å². The summed E-state index contributed by atoms with van der Waals surface area (Å²) < 4.78 is 5.17. The average molecular weight is 267 g/mol. The number of amides is 1. The first-order valence-corrected chi connectivity index (χ1v) is 5.92. The Morgan fingerprint density at radius 3 is 3.00 bits per heavy atom. The molecule has 0 aliphatic carbocycles. The molecule has 0 aromatic carbocycles. The van der Waals surface area contributed by atoms with Gasteiger partial charge in [-0.25, -0.2) is 0 Å². The molecule has 6 N–H and O–H groups in total. The van der Waals surface area contributed by atoms with Gasteiger partial charge in [-0.2, -0.15) is 5.10 Å². The number of aromatic amines is 1. The molecule has 0 aliphatic heterocycles. The Morgan fingerprint density at radius 1 is 1.67 bits per heavy atom. The zero-order valence-corrected chi connectivity index (χ0v) is 10.5. The van der Waals surface area contributed by atoms with E-state index >= 15 is 0 Å². The van der Waals surface area contributed by atoms with Gasteiger partial charge in [0.1, 0.15) is 15.6 Å². The maximum absolute atomic E-state index is 11.2. The van der Waals surface area contributed by atoms with Crippen LogP contribution in [0.1, 0.15) is 15.2 Å². The number of hydrogen-bond donors (Lipinski definition) is 4. The van der Waals surface area contributed by atoms with Crippen molar-refractivity contribution in [2.24, 2.45) is 5.73 Å². The van der Waals surface area contributed by atoms with Crippen LogP contribution >= 0.6 is 11.3 Å². The van der Waals surface area contributed by atoms with Crippen LogP contribution in [0.4, 0.5) is 10.7 Å². The molecule has 0 radical (unpaired) electrons. The summed E-state index contributed by atoms with van der Waals surface area (Å²) in [4.78, 5) is 11.5. The minimum absolute atomic E-state index is 0.268. The van der Waals surface area contributed by atoms with Crippen molar-refractivity contribution in [3.8, 4) is 5.75 Å². The third kappa shape index (κ3) is 2.23. The van der Waals surface area contributed by atoms with Gasteiger partial charge in [-0.05, 0) is 0 Å². The zero-order valence-electron chi connectivity index (χ0n) is 9.69. The Morgan fingerprint density at radius 2 is 2.44 bits per heavy atom. The number of hydrogen-bond acceptors (Lipinski definition) is 6. The van der Waals surface area contributed by atoms with Gasteiger partial charge in [0.2, 0.25) is 0 Å². The Bertz CT molecular complexity index is 549. The molecule has 96 valence electrons. The van der Waals surface area contributed by atoms with E-state index in [1.54, 1.807) is 12.4 Å². The number of nitrogens with one attached hydrogen (secondary N) is 2. The predicted molar refractivity (Wildman–Crippen MR) is 69.7 cm³/mol. The maximum atomic E-state index is 11.2. The van der Waals surface area contributed by atoms with Crippen LogP contribution in [0.15, 0.2) is 12.4 Å². The molecule has 2 heterocycles. The topological polar surface area (TPSA) is 119 Å². The molecule has 7 nitrogen and oxygen atoms in total. The number of H-pyrrole nitrogens is 1. The first-order valence-electron chi connectivity index (χ1n) is 5.11. The van der Waals surface area contributed by atoms with Crippen molar-refractivity contribution in [3.63, 3.8) is 0 Å². The maximum Gasteiger partial charge on any atom is 0.261 e. The fourth-order valence-electron chi connectivity index (χ4n) is 1.49. The molecule has 0 atom stereocenters. The van der Waals surface area contributed by atoms with Crippen LogP contribution in [-0.4, -0.2) is 23.2 Å². The molecule has 0 fully saturated rings. The molecule has 2 aromatic heterocycles. The number of anilines is 2. The summed E-state index contributed by atoms with van der Waals surface area (Å²) in [5.74, 6) is -0.121. The number of aromatic nitrogens is 2. The number of thiophene rings is 1. The van der Waals surface area contributed by atoms with Crippen molar-refractivity contribution >= 4 is 27.9 Å². The van der Waals surface area contributed by atoms with E-state index < -0.39 is 5.91 Å². The second-order valence-electron chi connectivity index (χ2n) is 3.53. The zero-order chi connectivity index (χ0) is 13.1. The van der Waals surface area contributed by atoms with Crippen LogP contribution in [0.25, 0.3) is 0 Å². The Balaban J connectivity index is 2.21. The first-order chi connectivity index (χ1) is 8.63. The van der Waals surface area contributed by atoms with Crippen LogP contribution in [0.5, 0.6) is 5.75 Å². The highest BCUT2D eigenvalue weighted by Crippen LogP contribution is 2.42. The average Bonchev–Trinajstić information content (AvgIpc) is 2.93. The highest BCUT2D eigenvalue weighted by molar-refractivity contribution is 7.19. The third-order valence-corrected chi connectivity index (χ3v) is 3.49. The largest absolute Gasteiger partial charge is 0.492 e. The molecular weight excluding hydrogens is 254 g/mol. The van der Waals surface area contributed by atoms with Gasteiger partial charge in [-0.15, -0.1) is 11.3 Å². The van der Waals surface area contributed by atoms with E-state index in [9.17, 15) is 4.79 Å². The van der Waals surface area contributed by atoms with Crippen molar-refractivity contribution in [2.75, 3.05) is 18.2 Å². The van der Waals surface area contributed by atoms with Crippen LogP contribution in [-0.2, 0) is 6.54 Å². The van der Waals surface area contributed by atoms with Crippen LogP contribution < -0.4 is 21.5 Å². The standard InChI is InChI=1S/C10H13N5O2S/c1-17-7-6(11)8(9(12)16)18-10(7)13-2-5-3-14-15-4-5/h3-4,13H,2,11H2,1H3,(H2,12,16)(H,14,15). The summed E-state index contributed by atoms with van der Waals surface area (Å²) in [6.07, 6.45) is 3.47. The van der Waals surface area contributed by atoms with E-state index in [0.717, 1.165) is 5.56 Å². The lowest BCUT2D eigenvalue weighted by Gasteiger charge is -2.05. The molecule has 1 amide bonds. The summed E-state index contributed by atoms with van der Waals surface area (Å²) in [5.41, 5.74) is 12.3. The molecule has 2 rings (SSSR count). The Kier molecular flexibility index (Phi) is 3.38. The molecule has 8 heteroatoms. The van der Waals surface area contributed by atoms with Gasteiger partial charge in [-0.1, -0.05) is 0 Å². The molecule has 0 saturated heterocycles. The van der Waals surface area contributed by atoms with Gasteiger partial charge in [0.25, 0.3) is 5.91 Å². The summed E-state index contributed by atoms with van der Waals surface area (Å²) in [5, 5.41) is 10.3. The lowest BCUT2D eigenvalue weighted by molar-refractivity contribution is 0.100. The van der Waals surface area contributed by atoms with Crippen LogP contribution in [0.2, 0.25) is 0 Å². The monoisotopic (exact) mass is 267 g/mol. The van der Waals surface area contributed by atoms with Gasteiger partial charge in [-0.3, -0.25) is 9.89 Å². The van der Waals surface area contributed by atoms with Crippen molar-refractivity contribution in [1.29, 1.82) is 0 Å². The predicted octanol–water partition coefficient (Wildman–Crippen LogP) is 0.773. The van der Waals surface area contributed by atoms with Crippen LogP contribution in [0, 0.1) is 0 Å². The van der Waals surface area contributed by atoms with E-state index in [4.69, 9.17) is 16.2 Å². The lowest BCUT2D eigenvalue weighted by atomic mass is 10.3. The number of methoxy groups -OCH3 is 1. The highest BCUT2D eigenvalue weighted by Gasteiger charge is 2.19. The molecule has 0 saturated carbocycles. The van der Waals surface area contributed by atoms with E-state index in [-0.39, 0.29) is 5.69 Å². The smallest absolute Gasteiger partial charge is 0.261 e. The van der Waals surface area contributed by atoms with E-state index in [1.165, 1.54) is 18.4 Å². The van der Waals surface area contributed by atoms with Crippen molar-refractivity contribution in [2.45, 2.75) is 6.54 Å². The van der Waals surface area contributed by atoms with E-state index in [1.807, 2.05) is 0 Å². The molecule has 0 aliphatic rings. The lowest BCUT2D eigenvalue weighted by Crippen LogP contribution is -2.10. The molecule has 2 aromatic rings. The summed E-state index contributed by atoms with van der Waals surface area (Å²) in [7, 11) is 1.49. The quantitative estimate of drug-likeness (QED) is 0.638. The Labute approximate surface area is 107 Å². The van der Waals surface area contributed by atoms with Gasteiger partial charge in [0.05, 0.1) is 13.3 Å². The normalized spacial score (nSPS) is 10.3. The summed E-state index contributed by atoms with van der Waals surface area (Å²) in [6.45, 7) is 0.547. The van der Waals surface area contributed by atoms with E-state index in [2.05, 4.69) is 15.5 Å². The molecular formula is C10H13N5O2S. The SMILES string of the molecule is COc1c(NCc2cn[nH]c2)sc(C(N)=O)c1N. The minimum Gasteiger partial charge on any atom is -0.492 e. The molecule has 0 bridgehead atoms. The number of carbonyl (C=O) groups excluding carboxylic acids is 1. The molecule has 0 unspecified atom stereocenters. The highest BCUT2D eigenvalue weighted by atomic mass is 32.1. The minimum atomic E-state index is -0.563. The van der Waals surface area contributed by atoms with Crippen molar-refractivity contribution < 1.29 is 9.53 Å². The summed E-state index contributed by atoms with van der Waals surface area (Å²) in [6, 6.07) is 0. The number of nitrogens with zero attached hydrogens (tertiary/aromatic N) is 1. The number of nitrogens with two attached hydrogens (primary N) is 2. The van der Waals surface area contributed by atoms with Crippen molar-refractivity contribution in [3.05, 3.63) is 22.8 Å².